The second-order valence-corrected chi connectivity index (χ2v) is 9.00. The van der Waals surface area contributed by atoms with E-state index in [9.17, 15) is 14.3 Å². The largest absolute Gasteiger partial charge is 0.394 e. The van der Waals surface area contributed by atoms with Crippen LogP contribution in [-0.4, -0.2) is 70.0 Å². The molecular formula is C21H23ClFN5O3S. The Morgan fingerprint density at radius 3 is 2.78 bits per heavy atom. The van der Waals surface area contributed by atoms with Crippen LogP contribution in [0.15, 0.2) is 30.5 Å². The lowest BCUT2D eigenvalue weighted by Crippen LogP contribution is -2.50. The molecule has 0 bridgehead atoms. The molecule has 1 atom stereocenters. The van der Waals surface area contributed by atoms with E-state index in [2.05, 4.69) is 15.3 Å². The summed E-state index contributed by atoms with van der Waals surface area (Å²) in [5.74, 6) is 0.324. The van der Waals surface area contributed by atoms with Gasteiger partial charge < -0.3 is 20.0 Å². The van der Waals surface area contributed by atoms with Gasteiger partial charge in [-0.1, -0.05) is 22.9 Å². The lowest BCUT2D eigenvalue weighted by atomic mass is 10.1. The third-order valence-corrected chi connectivity index (χ3v) is 6.50. The van der Waals surface area contributed by atoms with Gasteiger partial charge in [0.05, 0.1) is 28.0 Å². The van der Waals surface area contributed by atoms with E-state index < -0.39 is 6.10 Å². The fourth-order valence-corrected chi connectivity index (χ4v) is 4.70. The number of hydrogen-bond acceptors (Lipinski definition) is 7. The van der Waals surface area contributed by atoms with Gasteiger partial charge in [0.2, 0.25) is 0 Å². The van der Waals surface area contributed by atoms with E-state index in [1.54, 1.807) is 17.2 Å². The number of thiazole rings is 1. The van der Waals surface area contributed by atoms with Gasteiger partial charge in [-0.2, -0.15) is 0 Å². The summed E-state index contributed by atoms with van der Waals surface area (Å²) in [4.78, 5) is 25.1. The second-order valence-electron chi connectivity index (χ2n) is 7.56. The van der Waals surface area contributed by atoms with Gasteiger partial charge in [-0.15, -0.1) is 0 Å². The van der Waals surface area contributed by atoms with E-state index in [0.717, 1.165) is 5.56 Å². The van der Waals surface area contributed by atoms with Gasteiger partial charge in [-0.25, -0.2) is 19.2 Å². The first-order valence-corrected chi connectivity index (χ1v) is 11.4. The number of nitrogens with one attached hydrogen (secondary N) is 1. The van der Waals surface area contributed by atoms with Crippen molar-refractivity contribution in [3.8, 4) is 0 Å². The van der Waals surface area contributed by atoms with Crippen molar-refractivity contribution in [2.45, 2.75) is 18.9 Å². The number of aromatic nitrogens is 2. The van der Waals surface area contributed by atoms with Crippen molar-refractivity contribution in [2.24, 2.45) is 0 Å². The summed E-state index contributed by atoms with van der Waals surface area (Å²) in [5, 5.41) is 22.2. The highest BCUT2D eigenvalue weighted by Crippen LogP contribution is 2.28. The minimum atomic E-state index is -0.753. The summed E-state index contributed by atoms with van der Waals surface area (Å²) in [6.45, 7) is 1.87. The minimum Gasteiger partial charge on any atom is -0.394 e. The first-order valence-electron chi connectivity index (χ1n) is 10.2. The molecule has 32 heavy (non-hydrogen) atoms. The molecule has 3 heterocycles. The molecule has 1 saturated heterocycles. The summed E-state index contributed by atoms with van der Waals surface area (Å²) in [6.07, 6.45) is 1.98. The molecule has 2 aromatic heterocycles. The number of rotatable bonds is 6. The third-order valence-electron chi connectivity index (χ3n) is 5.29. The van der Waals surface area contributed by atoms with Crippen molar-refractivity contribution >= 4 is 50.1 Å². The van der Waals surface area contributed by atoms with Crippen molar-refractivity contribution in [1.29, 1.82) is 0 Å². The van der Waals surface area contributed by atoms with E-state index in [1.807, 2.05) is 11.0 Å². The van der Waals surface area contributed by atoms with E-state index in [0.29, 0.717) is 65.2 Å². The molecule has 4 rings (SSSR count). The Hall–Kier alpha value is -2.53. The number of fused-ring (bicyclic) bond motifs is 1. The Morgan fingerprint density at radius 2 is 2.06 bits per heavy atom. The molecule has 170 valence electrons. The van der Waals surface area contributed by atoms with Gasteiger partial charge in [0.1, 0.15) is 11.6 Å². The van der Waals surface area contributed by atoms with Crippen LogP contribution in [0.5, 0.6) is 0 Å². The lowest BCUT2D eigenvalue weighted by molar-refractivity contribution is 0.0885. The summed E-state index contributed by atoms with van der Waals surface area (Å²) in [5.41, 5.74) is 1.53. The number of halogens is 2. The average Bonchev–Trinajstić information content (AvgIpc) is 3.18. The van der Waals surface area contributed by atoms with Crippen molar-refractivity contribution < 1.29 is 19.4 Å². The summed E-state index contributed by atoms with van der Waals surface area (Å²) >= 11 is 7.66. The number of aryl methyl sites for hydroxylation is 1. The van der Waals surface area contributed by atoms with E-state index >= 15 is 0 Å². The van der Waals surface area contributed by atoms with Crippen LogP contribution in [0.25, 0.3) is 10.2 Å². The molecule has 0 spiro atoms. The van der Waals surface area contributed by atoms with Crippen molar-refractivity contribution in [3.05, 3.63) is 46.9 Å². The number of nitrogens with zero attached hydrogens (tertiary/aromatic N) is 4. The fourth-order valence-electron chi connectivity index (χ4n) is 3.51. The number of hydrogen-bond donors (Lipinski definition) is 3. The fraction of sp³-hybridized carbons (Fsp3) is 0.381. The molecule has 1 aromatic carbocycles. The molecule has 1 aliphatic rings. The zero-order chi connectivity index (χ0) is 22.7. The standard InChI is InChI=1S/C21H23ClFN5O3S/c22-16-9-13(1-3-15(30)12-29)11-24-19(16)27-5-7-28(8-6-27)21(31)26-20-25-17-4-2-14(23)10-18(17)32-20/h2,4,9-11,15,29-30H,1,3,5-8,12H2,(H,25,26,31). The lowest BCUT2D eigenvalue weighted by Gasteiger charge is -2.35. The first-order chi connectivity index (χ1) is 15.4. The predicted molar refractivity (Wildman–Crippen MR) is 123 cm³/mol. The maximum Gasteiger partial charge on any atom is 0.323 e. The maximum atomic E-state index is 13.4. The van der Waals surface area contributed by atoms with Crippen LogP contribution in [-0.2, 0) is 6.42 Å². The Morgan fingerprint density at radius 1 is 1.28 bits per heavy atom. The molecular weight excluding hydrogens is 457 g/mol. The Balaban J connectivity index is 1.32. The van der Waals surface area contributed by atoms with Crippen molar-refractivity contribution in [2.75, 3.05) is 43.0 Å². The molecule has 0 radical (unpaired) electrons. The Bertz CT molecular complexity index is 1110. The number of carbonyl (C=O) groups excluding carboxylic acids is 1. The molecule has 3 aromatic rings. The number of anilines is 2. The molecule has 1 fully saturated rings. The Labute approximate surface area is 193 Å². The van der Waals surface area contributed by atoms with Crippen molar-refractivity contribution in [1.82, 2.24) is 14.9 Å². The molecule has 0 aliphatic carbocycles. The topological polar surface area (TPSA) is 102 Å². The molecule has 1 aliphatic heterocycles. The molecule has 1 unspecified atom stereocenters. The molecule has 2 amide bonds. The highest BCUT2D eigenvalue weighted by atomic mass is 35.5. The number of urea groups is 1. The van der Waals surface area contributed by atoms with Crippen LogP contribution < -0.4 is 10.2 Å². The molecule has 11 heteroatoms. The van der Waals surface area contributed by atoms with Gasteiger partial charge in [0, 0.05) is 32.4 Å². The van der Waals surface area contributed by atoms with Gasteiger partial charge in [0.15, 0.2) is 5.13 Å². The second kappa shape index (κ2) is 9.95. The summed E-state index contributed by atoms with van der Waals surface area (Å²) in [7, 11) is 0. The van der Waals surface area contributed by atoms with Gasteiger partial charge in [0.25, 0.3) is 0 Å². The number of pyridine rings is 1. The van der Waals surface area contributed by atoms with E-state index in [-0.39, 0.29) is 18.5 Å². The van der Waals surface area contributed by atoms with Crippen LogP contribution in [0, 0.1) is 5.82 Å². The number of benzene rings is 1. The van der Waals surface area contributed by atoms with E-state index in [1.165, 1.54) is 23.5 Å². The normalized spacial score (nSPS) is 15.2. The SMILES string of the molecule is O=C(Nc1nc2ccc(F)cc2s1)N1CCN(c2ncc(CCC(O)CO)cc2Cl)CC1. The van der Waals surface area contributed by atoms with Gasteiger partial charge >= 0.3 is 6.03 Å². The maximum absolute atomic E-state index is 13.4. The first kappa shape index (κ1) is 22.7. The van der Waals surface area contributed by atoms with E-state index in [4.69, 9.17) is 16.7 Å². The minimum absolute atomic E-state index is 0.249. The summed E-state index contributed by atoms with van der Waals surface area (Å²) < 4.78 is 14.0. The highest BCUT2D eigenvalue weighted by Gasteiger charge is 2.24. The number of aliphatic hydroxyl groups is 2. The van der Waals surface area contributed by atoms with Crippen LogP contribution in [0.3, 0.4) is 0 Å². The number of carbonyl (C=O) groups is 1. The van der Waals surface area contributed by atoms with Crippen LogP contribution >= 0.6 is 22.9 Å². The summed E-state index contributed by atoms with van der Waals surface area (Å²) in [6, 6.07) is 5.91. The van der Waals surface area contributed by atoms with Gasteiger partial charge in [-0.05, 0) is 42.7 Å². The number of aliphatic hydroxyl groups excluding tert-OH is 2. The van der Waals surface area contributed by atoms with Crippen LogP contribution in [0.1, 0.15) is 12.0 Å². The smallest absolute Gasteiger partial charge is 0.323 e. The number of amides is 2. The van der Waals surface area contributed by atoms with Gasteiger partial charge in [-0.3, -0.25) is 5.32 Å². The monoisotopic (exact) mass is 479 g/mol. The predicted octanol–water partition coefficient (Wildman–Crippen LogP) is 3.12. The Kier molecular flexibility index (Phi) is 7.04. The zero-order valence-corrected chi connectivity index (χ0v) is 18.7. The number of piperazine rings is 1. The van der Waals surface area contributed by atoms with Crippen LogP contribution in [0.4, 0.5) is 20.1 Å². The quantitative estimate of drug-likeness (QED) is 0.502. The van der Waals surface area contributed by atoms with Crippen molar-refractivity contribution in [3.63, 3.8) is 0 Å². The zero-order valence-electron chi connectivity index (χ0n) is 17.2. The highest BCUT2D eigenvalue weighted by molar-refractivity contribution is 7.22. The molecule has 3 N–H and O–H groups in total. The van der Waals surface area contributed by atoms with Crippen LogP contribution in [0.2, 0.25) is 5.02 Å². The third kappa shape index (κ3) is 5.26. The molecule has 8 nitrogen and oxygen atoms in total. The molecule has 0 saturated carbocycles. The average molecular weight is 480 g/mol.